The van der Waals surface area contributed by atoms with Crippen molar-refractivity contribution < 1.29 is 9.59 Å². The van der Waals surface area contributed by atoms with Crippen LogP contribution in [0.25, 0.3) is 0 Å². The van der Waals surface area contributed by atoms with Gasteiger partial charge in [-0.25, -0.2) is 0 Å². The molecule has 4 heterocycles. The smallest absolute Gasteiger partial charge is 0.225 e. The lowest BCUT2D eigenvalue weighted by atomic mass is 9.75. The molecule has 5 heteroatoms. The molecule has 4 saturated heterocycles. The van der Waals surface area contributed by atoms with Gasteiger partial charge in [-0.1, -0.05) is 6.42 Å². The Balaban J connectivity index is 1.19. The van der Waals surface area contributed by atoms with Crippen molar-refractivity contribution in [3.05, 3.63) is 0 Å². The van der Waals surface area contributed by atoms with Crippen LogP contribution < -0.4 is 0 Å². The molecule has 1 saturated carbocycles. The van der Waals surface area contributed by atoms with E-state index in [0.717, 1.165) is 64.7 Å². The molecule has 0 spiro atoms. The average Bonchev–Trinajstić information content (AvgIpc) is 2.61. The van der Waals surface area contributed by atoms with Crippen LogP contribution in [0.2, 0.25) is 0 Å². The van der Waals surface area contributed by atoms with Crippen molar-refractivity contribution >= 4 is 11.8 Å². The lowest BCUT2D eigenvalue weighted by Crippen LogP contribution is -2.62. The Morgan fingerprint density at radius 2 is 1.73 bits per heavy atom. The molecular weight excluding hydrogens is 326 g/mol. The topological polar surface area (TPSA) is 43.9 Å². The highest BCUT2D eigenvalue weighted by Gasteiger charge is 2.45. The van der Waals surface area contributed by atoms with Crippen molar-refractivity contribution in [2.45, 2.75) is 69.9 Å². The zero-order valence-corrected chi connectivity index (χ0v) is 15.9. The maximum absolute atomic E-state index is 12.5. The van der Waals surface area contributed by atoms with Crippen LogP contribution in [0.3, 0.4) is 0 Å². The Bertz CT molecular complexity index is 568. The first-order valence-electron chi connectivity index (χ1n) is 11.0. The Labute approximate surface area is 157 Å². The first-order chi connectivity index (χ1) is 12.7. The minimum Gasteiger partial charge on any atom is -0.342 e. The SMILES string of the molecule is O=C(C1CCC1)N1CCC(N2C[C@H]3C[C@H](C2)[C@H]2CCCC(=O)N2C3)CC1. The summed E-state index contributed by atoms with van der Waals surface area (Å²) in [5.74, 6) is 2.53. The van der Waals surface area contributed by atoms with Crippen molar-refractivity contribution in [3.8, 4) is 0 Å². The van der Waals surface area contributed by atoms with Gasteiger partial charge in [-0.15, -0.1) is 0 Å². The molecule has 0 radical (unpaired) electrons. The Morgan fingerprint density at radius 1 is 0.923 bits per heavy atom. The van der Waals surface area contributed by atoms with Gasteiger partial charge in [-0.2, -0.15) is 0 Å². The van der Waals surface area contributed by atoms with Crippen molar-refractivity contribution in [1.29, 1.82) is 0 Å². The van der Waals surface area contributed by atoms with Gasteiger partial charge in [0.15, 0.2) is 0 Å². The van der Waals surface area contributed by atoms with Gasteiger partial charge in [-0.3, -0.25) is 14.5 Å². The molecule has 26 heavy (non-hydrogen) atoms. The Morgan fingerprint density at radius 3 is 2.46 bits per heavy atom. The number of carbonyl (C=O) groups is 2. The summed E-state index contributed by atoms with van der Waals surface area (Å²) < 4.78 is 0. The molecule has 1 aliphatic carbocycles. The second-order valence-corrected chi connectivity index (χ2v) is 9.51. The highest BCUT2D eigenvalue weighted by molar-refractivity contribution is 5.79. The van der Waals surface area contributed by atoms with Gasteiger partial charge in [0.1, 0.15) is 0 Å². The summed E-state index contributed by atoms with van der Waals surface area (Å²) in [5.41, 5.74) is 0. The zero-order chi connectivity index (χ0) is 17.7. The third-order valence-electron chi connectivity index (χ3n) is 7.96. The summed E-state index contributed by atoms with van der Waals surface area (Å²) >= 11 is 0. The summed E-state index contributed by atoms with van der Waals surface area (Å²) in [5, 5.41) is 0. The Kier molecular flexibility index (Phi) is 4.46. The fourth-order valence-corrected chi connectivity index (χ4v) is 6.31. The molecule has 5 nitrogen and oxygen atoms in total. The van der Waals surface area contributed by atoms with E-state index in [9.17, 15) is 9.59 Å². The molecule has 0 N–H and O–H groups in total. The summed E-state index contributed by atoms with van der Waals surface area (Å²) in [7, 11) is 0. The lowest BCUT2D eigenvalue weighted by Gasteiger charge is -2.54. The molecule has 144 valence electrons. The summed E-state index contributed by atoms with van der Waals surface area (Å²) in [6.07, 6.45) is 10.2. The van der Waals surface area contributed by atoms with Crippen LogP contribution in [0, 0.1) is 17.8 Å². The van der Waals surface area contributed by atoms with Crippen molar-refractivity contribution in [3.63, 3.8) is 0 Å². The highest BCUT2D eigenvalue weighted by atomic mass is 16.2. The van der Waals surface area contributed by atoms with Crippen LogP contribution in [0.15, 0.2) is 0 Å². The van der Waals surface area contributed by atoms with Gasteiger partial charge in [0, 0.05) is 57.1 Å². The molecule has 3 atom stereocenters. The quantitative estimate of drug-likeness (QED) is 0.758. The van der Waals surface area contributed by atoms with Crippen LogP contribution in [0.1, 0.15) is 57.8 Å². The fourth-order valence-electron chi connectivity index (χ4n) is 6.31. The van der Waals surface area contributed by atoms with E-state index < -0.39 is 0 Å². The van der Waals surface area contributed by atoms with Gasteiger partial charge in [0.2, 0.25) is 11.8 Å². The van der Waals surface area contributed by atoms with Crippen LogP contribution >= 0.6 is 0 Å². The first-order valence-corrected chi connectivity index (χ1v) is 11.0. The van der Waals surface area contributed by atoms with Crippen LogP contribution in [0.4, 0.5) is 0 Å². The van der Waals surface area contributed by atoms with Crippen LogP contribution in [-0.4, -0.2) is 71.3 Å². The van der Waals surface area contributed by atoms with E-state index in [1.54, 1.807) is 0 Å². The molecule has 0 aromatic carbocycles. The molecule has 0 unspecified atom stereocenters. The third-order valence-corrected chi connectivity index (χ3v) is 7.96. The van der Waals surface area contributed by atoms with E-state index >= 15 is 0 Å². The highest BCUT2D eigenvalue weighted by Crippen LogP contribution is 2.39. The predicted octanol–water partition coefficient (Wildman–Crippen LogP) is 2.11. The molecule has 5 fully saturated rings. The molecule has 4 aliphatic heterocycles. The lowest BCUT2D eigenvalue weighted by molar-refractivity contribution is -0.146. The van der Waals surface area contributed by atoms with E-state index in [0.29, 0.717) is 41.7 Å². The summed E-state index contributed by atoms with van der Waals surface area (Å²) in [6, 6.07) is 1.16. The van der Waals surface area contributed by atoms with Crippen molar-refractivity contribution in [2.24, 2.45) is 17.8 Å². The van der Waals surface area contributed by atoms with E-state index in [1.807, 2.05) is 0 Å². The van der Waals surface area contributed by atoms with E-state index in [-0.39, 0.29) is 0 Å². The van der Waals surface area contributed by atoms with Gasteiger partial charge in [-0.05, 0) is 56.8 Å². The monoisotopic (exact) mass is 359 g/mol. The number of likely N-dealkylation sites (tertiary alicyclic amines) is 2. The van der Waals surface area contributed by atoms with E-state index in [4.69, 9.17) is 0 Å². The largest absolute Gasteiger partial charge is 0.342 e. The standard InChI is InChI=1S/C21H33N3O2/c25-20-6-2-5-19-17-11-15(13-24(19)20)12-23(14-17)18-7-9-22(10-8-18)21(26)16-3-1-4-16/h15-19H,1-14H2/t15-,17-,19-/m1/s1. The van der Waals surface area contributed by atoms with Crippen molar-refractivity contribution in [1.82, 2.24) is 14.7 Å². The van der Waals surface area contributed by atoms with E-state index in [2.05, 4.69) is 14.7 Å². The number of carbonyl (C=O) groups excluding carboxylic acids is 2. The molecule has 2 bridgehead atoms. The minimum absolute atomic E-state index is 0.343. The second-order valence-electron chi connectivity index (χ2n) is 9.51. The molecule has 0 aromatic rings. The Hall–Kier alpha value is -1.10. The van der Waals surface area contributed by atoms with Crippen LogP contribution in [-0.2, 0) is 9.59 Å². The molecular formula is C21H33N3O2. The average molecular weight is 360 g/mol. The van der Waals surface area contributed by atoms with Crippen LogP contribution in [0.5, 0.6) is 0 Å². The van der Waals surface area contributed by atoms with Gasteiger partial charge < -0.3 is 9.80 Å². The molecule has 5 rings (SSSR count). The maximum Gasteiger partial charge on any atom is 0.225 e. The number of piperidine rings is 4. The van der Waals surface area contributed by atoms with Crippen molar-refractivity contribution in [2.75, 3.05) is 32.7 Å². The molecule has 0 aromatic heterocycles. The van der Waals surface area contributed by atoms with Gasteiger partial charge in [0.05, 0.1) is 0 Å². The predicted molar refractivity (Wildman–Crippen MR) is 99.5 cm³/mol. The number of rotatable bonds is 2. The number of hydrogen-bond donors (Lipinski definition) is 0. The number of amides is 2. The molecule has 2 amide bonds. The first kappa shape index (κ1) is 17.0. The number of hydrogen-bond acceptors (Lipinski definition) is 3. The second kappa shape index (κ2) is 6.81. The number of fused-ring (bicyclic) bond motifs is 4. The summed E-state index contributed by atoms with van der Waals surface area (Å²) in [4.78, 5) is 31.9. The minimum atomic E-state index is 0.343. The number of nitrogens with zero attached hydrogens (tertiary/aromatic N) is 3. The fraction of sp³-hybridized carbons (Fsp3) is 0.905. The molecule has 5 aliphatic rings. The normalized spacial score (nSPS) is 36.6. The maximum atomic E-state index is 12.5. The zero-order valence-electron chi connectivity index (χ0n) is 15.9. The van der Waals surface area contributed by atoms with Gasteiger partial charge in [0.25, 0.3) is 0 Å². The third kappa shape index (κ3) is 2.96. The van der Waals surface area contributed by atoms with E-state index in [1.165, 1.54) is 25.8 Å². The van der Waals surface area contributed by atoms with Gasteiger partial charge >= 0.3 is 0 Å². The summed E-state index contributed by atoms with van der Waals surface area (Å²) in [6.45, 7) is 5.25.